The molecule has 0 bridgehead atoms. The minimum absolute atomic E-state index is 0.399. The Balaban J connectivity index is 1.78. The molecule has 3 rings (SSSR count). The van der Waals surface area contributed by atoms with Crippen LogP contribution in [-0.4, -0.2) is 41.5 Å². The first-order valence-corrected chi connectivity index (χ1v) is 12.5. The van der Waals surface area contributed by atoms with Crippen LogP contribution >= 0.6 is 0 Å². The average Bonchev–Trinajstić information content (AvgIpc) is 2.99. The molecule has 0 aliphatic carbocycles. The van der Waals surface area contributed by atoms with Crippen LogP contribution in [0.4, 0.5) is 17.3 Å². The molecule has 0 saturated carbocycles. The highest BCUT2D eigenvalue weighted by atomic mass is 28.3. The second-order valence-corrected chi connectivity index (χ2v) is 13.2. The summed E-state index contributed by atoms with van der Waals surface area (Å²) in [6, 6.07) is 6.71. The molecular weight excluding hydrogens is 360 g/mol. The van der Waals surface area contributed by atoms with Crippen LogP contribution in [0.5, 0.6) is 5.75 Å². The molecule has 2 aromatic heterocycles. The zero-order chi connectivity index (χ0) is 19.4. The summed E-state index contributed by atoms with van der Waals surface area (Å²) < 4.78 is 13.2. The van der Waals surface area contributed by atoms with E-state index in [1.807, 2.05) is 23.0 Å². The van der Waals surface area contributed by atoms with Crippen LogP contribution in [0.15, 0.2) is 30.7 Å². The normalized spacial score (nSPS) is 11.7. The van der Waals surface area contributed by atoms with Crippen LogP contribution < -0.4 is 15.8 Å². The van der Waals surface area contributed by atoms with Crippen molar-refractivity contribution in [1.29, 1.82) is 0 Å². The SMILES string of the molecule is COc1cc2c(cnn2COCC[Si](C)(C)C)cc1Nc1cc(N)ncn1. The molecular formula is C18H26N6O2Si. The zero-order valence-electron chi connectivity index (χ0n) is 16.2. The molecule has 0 saturated heterocycles. The molecule has 27 heavy (non-hydrogen) atoms. The Hall–Kier alpha value is -2.65. The van der Waals surface area contributed by atoms with E-state index in [4.69, 9.17) is 15.2 Å². The lowest BCUT2D eigenvalue weighted by Crippen LogP contribution is -2.22. The number of nitrogens with zero attached hydrogens (tertiary/aromatic N) is 4. The van der Waals surface area contributed by atoms with Crippen molar-refractivity contribution in [2.24, 2.45) is 0 Å². The number of fused-ring (bicyclic) bond motifs is 1. The number of aromatic nitrogens is 4. The van der Waals surface area contributed by atoms with E-state index in [-0.39, 0.29) is 0 Å². The summed E-state index contributed by atoms with van der Waals surface area (Å²) in [7, 11) is 0.532. The van der Waals surface area contributed by atoms with Crippen molar-refractivity contribution in [3.8, 4) is 5.75 Å². The number of benzene rings is 1. The first-order chi connectivity index (χ1) is 12.9. The van der Waals surface area contributed by atoms with Gasteiger partial charge in [-0.2, -0.15) is 5.10 Å². The second-order valence-electron chi connectivity index (χ2n) is 7.56. The third-order valence-electron chi connectivity index (χ3n) is 4.12. The fourth-order valence-corrected chi connectivity index (χ4v) is 3.34. The Kier molecular flexibility index (Phi) is 5.61. The van der Waals surface area contributed by atoms with Gasteiger partial charge in [-0.05, 0) is 12.1 Å². The van der Waals surface area contributed by atoms with Gasteiger partial charge in [0.25, 0.3) is 0 Å². The molecule has 2 heterocycles. The van der Waals surface area contributed by atoms with E-state index in [1.165, 1.54) is 6.33 Å². The Bertz CT molecular complexity index is 922. The summed E-state index contributed by atoms with van der Waals surface area (Å²) in [5.41, 5.74) is 7.45. The monoisotopic (exact) mass is 386 g/mol. The van der Waals surface area contributed by atoms with Crippen molar-refractivity contribution >= 4 is 36.3 Å². The Morgan fingerprint density at radius 3 is 2.70 bits per heavy atom. The average molecular weight is 387 g/mol. The van der Waals surface area contributed by atoms with Gasteiger partial charge in [-0.1, -0.05) is 19.6 Å². The number of nitrogen functional groups attached to an aromatic ring is 1. The highest BCUT2D eigenvalue weighted by Crippen LogP contribution is 2.32. The molecule has 0 amide bonds. The van der Waals surface area contributed by atoms with E-state index in [0.717, 1.165) is 29.2 Å². The molecule has 0 aliphatic rings. The van der Waals surface area contributed by atoms with E-state index in [2.05, 4.69) is 40.0 Å². The van der Waals surface area contributed by atoms with Crippen molar-refractivity contribution in [3.63, 3.8) is 0 Å². The van der Waals surface area contributed by atoms with Gasteiger partial charge in [0.15, 0.2) is 0 Å². The molecule has 3 N–H and O–H groups in total. The lowest BCUT2D eigenvalue weighted by molar-refractivity contribution is 0.0817. The van der Waals surface area contributed by atoms with Gasteiger partial charge in [-0.25, -0.2) is 14.6 Å². The standard InChI is InChI=1S/C18H26N6O2Si/c1-25-16-8-15-13(7-14(16)23-18-9-17(19)20-11-21-18)10-22-24(15)12-26-5-6-27(2,3)4/h7-11H,5-6,12H2,1-4H3,(H3,19,20,21,23). The molecule has 0 fully saturated rings. The Morgan fingerprint density at radius 1 is 1.19 bits per heavy atom. The predicted octanol–water partition coefficient (Wildman–Crippen LogP) is 3.47. The van der Waals surface area contributed by atoms with E-state index < -0.39 is 8.07 Å². The predicted molar refractivity (Wildman–Crippen MR) is 110 cm³/mol. The van der Waals surface area contributed by atoms with Crippen molar-refractivity contribution in [1.82, 2.24) is 19.7 Å². The third-order valence-corrected chi connectivity index (χ3v) is 5.83. The smallest absolute Gasteiger partial charge is 0.144 e. The van der Waals surface area contributed by atoms with Crippen molar-refractivity contribution < 1.29 is 9.47 Å². The fraction of sp³-hybridized carbons (Fsp3) is 0.389. The topological polar surface area (TPSA) is 100 Å². The minimum atomic E-state index is -1.10. The number of methoxy groups -OCH3 is 1. The van der Waals surface area contributed by atoms with E-state index in [1.54, 1.807) is 13.2 Å². The van der Waals surface area contributed by atoms with Gasteiger partial charge in [0.2, 0.25) is 0 Å². The maximum Gasteiger partial charge on any atom is 0.144 e. The molecule has 3 aromatic rings. The van der Waals surface area contributed by atoms with Crippen molar-refractivity contribution in [2.45, 2.75) is 32.4 Å². The molecule has 144 valence electrons. The molecule has 0 spiro atoms. The van der Waals surface area contributed by atoms with E-state index >= 15 is 0 Å². The maximum absolute atomic E-state index is 5.82. The molecule has 0 aliphatic heterocycles. The molecule has 8 nitrogen and oxygen atoms in total. The highest BCUT2D eigenvalue weighted by Gasteiger charge is 2.13. The Labute approximate surface area is 159 Å². The van der Waals surface area contributed by atoms with Gasteiger partial charge < -0.3 is 20.5 Å². The summed E-state index contributed by atoms with van der Waals surface area (Å²) >= 11 is 0. The van der Waals surface area contributed by atoms with E-state index in [9.17, 15) is 0 Å². The van der Waals surface area contributed by atoms with Crippen LogP contribution in [0.2, 0.25) is 25.7 Å². The molecule has 1 aromatic carbocycles. The van der Waals surface area contributed by atoms with Crippen LogP contribution in [0.3, 0.4) is 0 Å². The second kappa shape index (κ2) is 7.93. The van der Waals surface area contributed by atoms with Crippen LogP contribution in [0, 0.1) is 0 Å². The maximum atomic E-state index is 5.82. The molecule has 0 radical (unpaired) electrons. The summed E-state index contributed by atoms with van der Waals surface area (Å²) in [5.74, 6) is 1.68. The number of hydrogen-bond donors (Lipinski definition) is 2. The van der Waals surface area contributed by atoms with Gasteiger partial charge in [-0.15, -0.1) is 0 Å². The lowest BCUT2D eigenvalue weighted by atomic mass is 10.2. The summed E-state index contributed by atoms with van der Waals surface area (Å²) in [5, 5.41) is 8.64. The van der Waals surface area contributed by atoms with E-state index in [0.29, 0.717) is 24.1 Å². The minimum Gasteiger partial charge on any atom is -0.494 e. The first-order valence-electron chi connectivity index (χ1n) is 8.81. The van der Waals surface area contributed by atoms with Crippen LogP contribution in [0.25, 0.3) is 10.9 Å². The Morgan fingerprint density at radius 2 is 2.00 bits per heavy atom. The van der Waals surface area contributed by atoms with Crippen LogP contribution in [0.1, 0.15) is 0 Å². The zero-order valence-corrected chi connectivity index (χ0v) is 17.2. The number of anilines is 3. The number of nitrogens with one attached hydrogen (secondary N) is 1. The number of nitrogens with two attached hydrogens (primary N) is 1. The molecule has 0 atom stereocenters. The number of hydrogen-bond acceptors (Lipinski definition) is 7. The number of rotatable bonds is 8. The number of ether oxygens (including phenoxy) is 2. The van der Waals surface area contributed by atoms with Gasteiger partial charge in [0.1, 0.15) is 30.4 Å². The van der Waals surface area contributed by atoms with Crippen molar-refractivity contribution in [2.75, 3.05) is 24.8 Å². The summed E-state index contributed by atoms with van der Waals surface area (Å²) in [6.45, 7) is 8.19. The largest absolute Gasteiger partial charge is 0.494 e. The highest BCUT2D eigenvalue weighted by molar-refractivity contribution is 6.76. The van der Waals surface area contributed by atoms with Gasteiger partial charge in [-0.3, -0.25) is 0 Å². The van der Waals surface area contributed by atoms with Crippen molar-refractivity contribution in [3.05, 3.63) is 30.7 Å². The fourth-order valence-electron chi connectivity index (χ4n) is 2.58. The quantitative estimate of drug-likeness (QED) is 0.451. The van der Waals surface area contributed by atoms with Gasteiger partial charge in [0.05, 0.1) is 24.5 Å². The molecule has 0 unspecified atom stereocenters. The molecule has 9 heteroatoms. The first kappa shape index (κ1) is 19.1. The third kappa shape index (κ3) is 4.95. The van der Waals surface area contributed by atoms with Gasteiger partial charge in [0, 0.05) is 32.2 Å². The van der Waals surface area contributed by atoms with Gasteiger partial charge >= 0.3 is 0 Å². The lowest BCUT2D eigenvalue weighted by Gasteiger charge is -2.15. The van der Waals surface area contributed by atoms with Crippen LogP contribution in [-0.2, 0) is 11.5 Å². The summed E-state index contributed by atoms with van der Waals surface area (Å²) in [4.78, 5) is 8.07. The summed E-state index contributed by atoms with van der Waals surface area (Å²) in [6.07, 6.45) is 3.23.